The molecule has 3 atom stereocenters. The number of aliphatic hydroxyl groups is 1. The Kier molecular flexibility index (Phi) is 13.7. The van der Waals surface area contributed by atoms with E-state index in [0.29, 0.717) is 17.7 Å². The Labute approximate surface area is 233 Å². The molecule has 0 radical (unpaired) electrons. The fourth-order valence-electron chi connectivity index (χ4n) is 4.22. The van der Waals surface area contributed by atoms with Gasteiger partial charge in [-0.1, -0.05) is 31.9 Å². The van der Waals surface area contributed by atoms with Gasteiger partial charge in [-0.3, -0.25) is 19.3 Å². The van der Waals surface area contributed by atoms with E-state index in [1.54, 1.807) is 6.07 Å². The average Bonchev–Trinajstić information content (AvgIpc) is 3.29. The zero-order valence-electron chi connectivity index (χ0n) is 23.1. The minimum absolute atomic E-state index is 0.0359. The van der Waals surface area contributed by atoms with Gasteiger partial charge in [-0.05, 0) is 51.3 Å². The molecule has 1 aromatic carbocycles. The third-order valence-electron chi connectivity index (χ3n) is 6.55. The molecule has 0 bridgehead atoms. The van der Waals surface area contributed by atoms with Crippen LogP contribution in [0.4, 0.5) is 0 Å². The van der Waals surface area contributed by atoms with Crippen molar-refractivity contribution in [2.75, 3.05) is 19.7 Å². The Morgan fingerprint density at radius 3 is 2.10 bits per heavy atom. The van der Waals surface area contributed by atoms with Gasteiger partial charge in [0.2, 0.25) is 0 Å². The van der Waals surface area contributed by atoms with Gasteiger partial charge >= 0.3 is 23.9 Å². The van der Waals surface area contributed by atoms with Gasteiger partial charge in [0.25, 0.3) is 0 Å². The number of carbonyl (C=O) groups excluding carboxylic acids is 1. The van der Waals surface area contributed by atoms with E-state index in [-0.39, 0.29) is 23.9 Å². The molecule has 0 amide bonds. The summed E-state index contributed by atoms with van der Waals surface area (Å²) in [5, 5.41) is 34.4. The van der Waals surface area contributed by atoms with Crippen molar-refractivity contribution in [1.82, 2.24) is 4.90 Å². The van der Waals surface area contributed by atoms with Gasteiger partial charge in [0.15, 0.2) is 5.60 Å². The zero-order chi connectivity index (χ0) is 29.9. The first-order valence-corrected chi connectivity index (χ1v) is 13.3. The highest BCUT2D eigenvalue weighted by molar-refractivity contribution is 6.30. The third-order valence-corrected chi connectivity index (χ3v) is 6.78. The smallest absolute Gasteiger partial charge is 0.336 e. The number of carbonyl (C=O) groups is 4. The van der Waals surface area contributed by atoms with Gasteiger partial charge < -0.3 is 29.9 Å². The molecule has 4 N–H and O–H groups in total. The van der Waals surface area contributed by atoms with Crippen LogP contribution in [0.1, 0.15) is 71.8 Å². The van der Waals surface area contributed by atoms with Crippen LogP contribution in [0.3, 0.4) is 0 Å². The molecule has 1 aliphatic rings. The number of nitrogens with zero attached hydrogens (tertiary/aromatic N) is 1. The molecule has 12 heteroatoms. The monoisotopic (exact) mass is 573 g/mol. The lowest BCUT2D eigenvalue weighted by molar-refractivity contribution is -0.170. The molecular weight excluding hydrogens is 534 g/mol. The minimum Gasteiger partial charge on any atom is -0.494 e. The number of ether oxygens (including phenoxy) is 2. The number of carboxylic acid groups (broad SMARTS) is 3. The topological polar surface area (TPSA) is 171 Å². The molecule has 1 aromatic rings. The number of esters is 1. The summed E-state index contributed by atoms with van der Waals surface area (Å²) in [6.07, 6.45) is -0.555. The van der Waals surface area contributed by atoms with E-state index in [1.807, 2.05) is 19.1 Å². The number of carboxylic acids is 3. The summed E-state index contributed by atoms with van der Waals surface area (Å²) in [5.74, 6) is -4.70. The minimum atomic E-state index is -2.74. The fraction of sp³-hybridized carbons (Fsp3) is 0.630. The van der Waals surface area contributed by atoms with Crippen LogP contribution >= 0.6 is 11.6 Å². The number of aliphatic carboxylic acids is 3. The van der Waals surface area contributed by atoms with Crippen LogP contribution in [0.15, 0.2) is 18.2 Å². The van der Waals surface area contributed by atoms with Crippen molar-refractivity contribution >= 4 is 35.5 Å². The Morgan fingerprint density at radius 1 is 1.08 bits per heavy atom. The highest BCUT2D eigenvalue weighted by atomic mass is 35.5. The molecule has 220 valence electrons. The second-order valence-electron chi connectivity index (χ2n) is 9.89. The highest BCUT2D eigenvalue weighted by Gasteiger charge is 2.41. The Hall–Kier alpha value is -2.89. The maximum Gasteiger partial charge on any atom is 0.336 e. The molecule has 0 aliphatic carbocycles. The van der Waals surface area contributed by atoms with Crippen molar-refractivity contribution < 1.29 is 49.1 Å². The molecular formula is C27H40ClNO10. The van der Waals surface area contributed by atoms with Gasteiger partial charge in [-0.2, -0.15) is 0 Å². The van der Waals surface area contributed by atoms with E-state index < -0.39 is 36.4 Å². The summed E-state index contributed by atoms with van der Waals surface area (Å²) in [6.45, 7) is 12.8. The summed E-state index contributed by atoms with van der Waals surface area (Å²) >= 11 is 6.22. The molecule has 2 rings (SSSR count). The zero-order valence-corrected chi connectivity index (χ0v) is 23.8. The van der Waals surface area contributed by atoms with E-state index in [2.05, 4.69) is 32.6 Å². The van der Waals surface area contributed by atoms with E-state index >= 15 is 0 Å². The molecule has 0 spiro atoms. The van der Waals surface area contributed by atoms with Crippen LogP contribution in [0.25, 0.3) is 0 Å². The molecule has 39 heavy (non-hydrogen) atoms. The fourth-order valence-corrected chi connectivity index (χ4v) is 4.40. The third kappa shape index (κ3) is 10.7. The number of benzene rings is 1. The standard InChI is InChI=1S/C21H32ClNO3.C6H8O7/c1-6-15(5)20(18-12-16(22)8-9-19(18)25-7-2)21(24)26-17-10-11-23(13-17)14(3)4;7-3(8)1-6(13,5(11)12)2-4(9)10/h8-9,12,14-15,17,20H,6-7,10-11,13H2,1-5H3;13H,1-2H2,(H,7,8)(H,9,10)(H,11,12). The van der Waals surface area contributed by atoms with Crippen molar-refractivity contribution in [3.05, 3.63) is 28.8 Å². The Morgan fingerprint density at radius 2 is 1.67 bits per heavy atom. The van der Waals surface area contributed by atoms with Gasteiger partial charge in [0, 0.05) is 29.7 Å². The largest absolute Gasteiger partial charge is 0.494 e. The molecule has 1 saturated heterocycles. The quantitative estimate of drug-likeness (QED) is 0.254. The van der Waals surface area contributed by atoms with Crippen LogP contribution in [-0.4, -0.2) is 86.6 Å². The van der Waals surface area contributed by atoms with Crippen LogP contribution < -0.4 is 4.74 Å². The van der Waals surface area contributed by atoms with Crippen molar-refractivity contribution in [1.29, 1.82) is 0 Å². The van der Waals surface area contributed by atoms with Gasteiger partial charge in [0.05, 0.1) is 25.4 Å². The molecule has 1 fully saturated rings. The van der Waals surface area contributed by atoms with E-state index in [1.165, 1.54) is 0 Å². The lowest BCUT2D eigenvalue weighted by Gasteiger charge is -2.26. The van der Waals surface area contributed by atoms with Gasteiger partial charge in [-0.15, -0.1) is 0 Å². The summed E-state index contributed by atoms with van der Waals surface area (Å²) < 4.78 is 11.7. The van der Waals surface area contributed by atoms with Gasteiger partial charge in [0.1, 0.15) is 11.9 Å². The first-order chi connectivity index (χ1) is 18.1. The summed E-state index contributed by atoms with van der Waals surface area (Å²) in [7, 11) is 0. The Bertz CT molecular complexity index is 983. The normalized spacial score (nSPS) is 17.1. The van der Waals surface area contributed by atoms with Crippen molar-refractivity contribution in [2.45, 2.75) is 84.0 Å². The van der Waals surface area contributed by atoms with Crippen LogP contribution in [0.2, 0.25) is 5.02 Å². The van der Waals surface area contributed by atoms with Gasteiger partial charge in [-0.25, -0.2) is 4.79 Å². The lowest BCUT2D eigenvalue weighted by Crippen LogP contribution is -2.42. The number of hydrogen-bond acceptors (Lipinski definition) is 8. The first kappa shape index (κ1) is 34.1. The second-order valence-corrected chi connectivity index (χ2v) is 10.3. The van der Waals surface area contributed by atoms with Crippen LogP contribution in [-0.2, 0) is 23.9 Å². The van der Waals surface area contributed by atoms with E-state index in [9.17, 15) is 19.2 Å². The predicted octanol–water partition coefficient (Wildman–Crippen LogP) is 3.65. The van der Waals surface area contributed by atoms with Crippen LogP contribution in [0, 0.1) is 5.92 Å². The molecule has 0 saturated carbocycles. The summed E-state index contributed by atoms with van der Waals surface area (Å²) in [6, 6.07) is 5.97. The predicted molar refractivity (Wildman–Crippen MR) is 143 cm³/mol. The molecule has 3 unspecified atom stereocenters. The number of halogens is 1. The SMILES string of the molecule is CCOc1ccc(Cl)cc1C(C(=O)OC1CCN(C(C)C)C1)C(C)CC.O=C(O)CC(O)(CC(=O)O)C(=O)O. The van der Waals surface area contributed by atoms with Crippen molar-refractivity contribution in [3.63, 3.8) is 0 Å². The molecule has 1 aliphatic heterocycles. The maximum absolute atomic E-state index is 13.1. The highest BCUT2D eigenvalue weighted by Crippen LogP contribution is 2.37. The first-order valence-electron chi connectivity index (χ1n) is 12.9. The maximum atomic E-state index is 13.1. The molecule has 0 aromatic heterocycles. The number of hydrogen-bond donors (Lipinski definition) is 4. The summed E-state index contributed by atoms with van der Waals surface area (Å²) in [5.41, 5.74) is -1.91. The average molecular weight is 574 g/mol. The van der Waals surface area contributed by atoms with E-state index in [0.717, 1.165) is 37.2 Å². The van der Waals surface area contributed by atoms with E-state index in [4.69, 9.17) is 41.5 Å². The Balaban J connectivity index is 0.000000495. The number of rotatable bonds is 13. The molecule has 1 heterocycles. The second kappa shape index (κ2) is 15.6. The van der Waals surface area contributed by atoms with Crippen molar-refractivity contribution in [3.8, 4) is 5.75 Å². The molecule has 11 nitrogen and oxygen atoms in total. The number of likely N-dealkylation sites (tertiary alicyclic amines) is 1. The summed E-state index contributed by atoms with van der Waals surface area (Å²) in [4.78, 5) is 45.9. The van der Waals surface area contributed by atoms with Crippen molar-refractivity contribution in [2.24, 2.45) is 5.92 Å². The lowest BCUT2D eigenvalue weighted by atomic mass is 9.85. The van der Waals surface area contributed by atoms with Crippen LogP contribution in [0.5, 0.6) is 5.75 Å².